The van der Waals surface area contributed by atoms with Gasteiger partial charge >= 0.3 is 6.09 Å². The van der Waals surface area contributed by atoms with Gasteiger partial charge in [-0.2, -0.15) is 0 Å². The van der Waals surface area contributed by atoms with Crippen molar-refractivity contribution in [3.8, 4) is 0 Å². The molecule has 1 rings (SSSR count). The summed E-state index contributed by atoms with van der Waals surface area (Å²) < 4.78 is 4.81. The number of carbonyl (C=O) groups is 4. The third kappa shape index (κ3) is 11.6. The summed E-state index contributed by atoms with van der Waals surface area (Å²) in [5, 5.41) is 7.28. The third-order valence-corrected chi connectivity index (χ3v) is 3.50. The minimum Gasteiger partial charge on any atom is -0.450 e. The summed E-state index contributed by atoms with van der Waals surface area (Å²) in [6.45, 7) is 7.14. The summed E-state index contributed by atoms with van der Waals surface area (Å²) in [6.07, 6.45) is 0.741. The maximum atomic E-state index is 12.4. The van der Waals surface area contributed by atoms with E-state index in [0.29, 0.717) is 0 Å². The van der Waals surface area contributed by atoms with Gasteiger partial charge in [0.05, 0.1) is 13.2 Å². The van der Waals surface area contributed by atoms with Gasteiger partial charge in [-0.15, -0.1) is 0 Å². The Morgan fingerprint density at radius 2 is 1.60 bits per heavy atom. The van der Waals surface area contributed by atoms with Crippen LogP contribution in [0.5, 0.6) is 0 Å². The Labute approximate surface area is 177 Å². The Morgan fingerprint density at radius 3 is 2.13 bits per heavy atom. The average molecular weight is 424 g/mol. The molecule has 6 N–H and O–H groups in total. The van der Waals surface area contributed by atoms with Crippen molar-refractivity contribution in [2.24, 2.45) is 5.84 Å². The fourth-order valence-electron chi connectivity index (χ4n) is 2.15. The van der Waals surface area contributed by atoms with Gasteiger partial charge in [0.2, 0.25) is 11.8 Å². The molecule has 10 heteroatoms. The quantitative estimate of drug-likeness (QED) is 0.220. The van der Waals surface area contributed by atoms with Crippen molar-refractivity contribution in [2.45, 2.75) is 52.6 Å². The monoisotopic (exact) mass is 423 g/mol. The lowest BCUT2D eigenvalue weighted by Gasteiger charge is -2.18. The van der Waals surface area contributed by atoms with Crippen LogP contribution in [0, 0.1) is 0 Å². The predicted molar refractivity (Wildman–Crippen MR) is 113 cm³/mol. The van der Waals surface area contributed by atoms with Gasteiger partial charge in [0.15, 0.2) is 0 Å². The molecule has 0 fully saturated rings. The molecular formula is C20H33N5O5. The first-order valence-corrected chi connectivity index (χ1v) is 9.83. The van der Waals surface area contributed by atoms with E-state index >= 15 is 0 Å². The van der Waals surface area contributed by atoms with E-state index in [0.717, 1.165) is 5.56 Å². The molecule has 2 atom stereocenters. The Balaban J connectivity index is 0.00000263. The Kier molecular flexibility index (Phi) is 14.1. The highest BCUT2D eigenvalue weighted by molar-refractivity contribution is 5.91. The van der Waals surface area contributed by atoms with Crippen molar-refractivity contribution in [1.29, 1.82) is 0 Å². The second-order valence-electron chi connectivity index (χ2n) is 6.33. The van der Waals surface area contributed by atoms with Crippen LogP contribution in [0.1, 0.15) is 39.7 Å². The van der Waals surface area contributed by atoms with Crippen LogP contribution in [-0.4, -0.2) is 49.1 Å². The lowest BCUT2D eigenvalue weighted by atomic mass is 10.1. The molecule has 0 aromatic heterocycles. The average Bonchev–Trinajstić information content (AvgIpc) is 2.72. The maximum absolute atomic E-state index is 12.4. The molecule has 0 aliphatic heterocycles. The number of ether oxygens (including phenoxy) is 1. The minimum atomic E-state index is -0.927. The Morgan fingerprint density at radius 1 is 1.00 bits per heavy atom. The zero-order valence-corrected chi connectivity index (χ0v) is 18.0. The zero-order chi connectivity index (χ0) is 22.9. The van der Waals surface area contributed by atoms with Crippen molar-refractivity contribution >= 4 is 23.8 Å². The highest BCUT2D eigenvalue weighted by atomic mass is 16.5. The summed E-state index contributed by atoms with van der Waals surface area (Å²) >= 11 is 0. The molecule has 1 unspecified atom stereocenters. The number of nitrogens with two attached hydrogens (primary N) is 1. The van der Waals surface area contributed by atoms with Gasteiger partial charge in [-0.05, 0) is 19.4 Å². The second-order valence-corrected chi connectivity index (χ2v) is 6.33. The predicted octanol–water partition coefficient (Wildman–Crippen LogP) is 0.371. The van der Waals surface area contributed by atoms with Gasteiger partial charge in [-0.3, -0.25) is 19.8 Å². The number of hydrogen-bond acceptors (Lipinski definition) is 6. The number of amides is 4. The van der Waals surface area contributed by atoms with E-state index in [-0.39, 0.29) is 19.6 Å². The van der Waals surface area contributed by atoms with E-state index < -0.39 is 35.9 Å². The molecule has 0 saturated carbocycles. The van der Waals surface area contributed by atoms with E-state index in [1.807, 2.05) is 35.8 Å². The van der Waals surface area contributed by atoms with Crippen LogP contribution in [0.25, 0.3) is 0 Å². The molecule has 30 heavy (non-hydrogen) atoms. The van der Waals surface area contributed by atoms with Crippen molar-refractivity contribution in [3.05, 3.63) is 35.9 Å². The van der Waals surface area contributed by atoms with E-state index in [9.17, 15) is 19.2 Å². The van der Waals surface area contributed by atoms with Gasteiger partial charge in [0.25, 0.3) is 5.91 Å². The van der Waals surface area contributed by atoms with Crippen LogP contribution in [0.15, 0.2) is 30.3 Å². The minimum absolute atomic E-state index is 0.162. The van der Waals surface area contributed by atoms with Gasteiger partial charge in [0, 0.05) is 6.42 Å². The van der Waals surface area contributed by atoms with Crippen molar-refractivity contribution < 1.29 is 23.9 Å². The lowest BCUT2D eigenvalue weighted by molar-refractivity contribution is -0.129. The molecule has 4 amide bonds. The number of nitrogens with one attached hydrogen (secondary N) is 4. The van der Waals surface area contributed by atoms with Crippen LogP contribution in [0.4, 0.5) is 4.79 Å². The molecule has 0 radical (unpaired) electrons. The molecular weight excluding hydrogens is 390 g/mol. The molecule has 0 heterocycles. The highest BCUT2D eigenvalue weighted by Crippen LogP contribution is 2.04. The first-order valence-electron chi connectivity index (χ1n) is 9.83. The van der Waals surface area contributed by atoms with Gasteiger partial charge < -0.3 is 20.7 Å². The number of hydrazine groups is 1. The van der Waals surface area contributed by atoms with Crippen LogP contribution >= 0.6 is 0 Å². The Hall–Kier alpha value is -3.14. The second kappa shape index (κ2) is 15.7. The molecule has 0 saturated heterocycles. The first-order chi connectivity index (χ1) is 14.3. The molecule has 0 bridgehead atoms. The zero-order valence-electron chi connectivity index (χ0n) is 18.0. The lowest BCUT2D eigenvalue weighted by Crippen LogP contribution is -2.52. The van der Waals surface area contributed by atoms with Gasteiger partial charge in [0.1, 0.15) is 12.1 Å². The number of carbonyl (C=O) groups excluding carboxylic acids is 4. The standard InChI is InChI=1S/C17H25N5O5.C3H8/c1-3-27-17(26)21-13(9-12-7-5-4-6-8-12)16(25)19-10-14(23)20-11(2)15(24)22-18;1-3-2/h4-8,11,13H,3,9-10,18H2,1-2H3,(H,19,25)(H,20,23)(H,21,26)(H,22,24);3H2,1-2H3/t11-,13?;/m0./s1. The molecule has 1 aromatic rings. The van der Waals surface area contributed by atoms with E-state index in [2.05, 4.69) is 29.8 Å². The smallest absolute Gasteiger partial charge is 0.407 e. The van der Waals surface area contributed by atoms with Crippen LogP contribution in [0.2, 0.25) is 0 Å². The number of rotatable bonds is 9. The van der Waals surface area contributed by atoms with Crippen LogP contribution in [0.3, 0.4) is 0 Å². The molecule has 1 aromatic carbocycles. The fourth-order valence-corrected chi connectivity index (χ4v) is 2.15. The van der Waals surface area contributed by atoms with Crippen molar-refractivity contribution in [2.75, 3.05) is 13.2 Å². The third-order valence-electron chi connectivity index (χ3n) is 3.50. The largest absolute Gasteiger partial charge is 0.450 e. The van der Waals surface area contributed by atoms with Crippen molar-refractivity contribution in [1.82, 2.24) is 21.4 Å². The molecule has 168 valence electrons. The van der Waals surface area contributed by atoms with E-state index in [1.54, 1.807) is 6.92 Å². The molecule has 0 aliphatic rings. The summed E-state index contributed by atoms with van der Waals surface area (Å²) in [4.78, 5) is 47.2. The van der Waals surface area contributed by atoms with Gasteiger partial charge in [-0.1, -0.05) is 50.6 Å². The Bertz CT molecular complexity index is 669. The summed E-state index contributed by atoms with van der Waals surface area (Å²) in [6, 6.07) is 7.30. The normalized spacial score (nSPS) is 11.6. The molecule has 0 aliphatic carbocycles. The SMILES string of the molecule is CCC.CCOC(=O)NC(Cc1ccccc1)C(=O)NCC(=O)N[C@@H](C)C(=O)NN. The summed E-state index contributed by atoms with van der Waals surface area (Å²) in [5.41, 5.74) is 2.74. The summed E-state index contributed by atoms with van der Waals surface area (Å²) in [5.74, 6) is 3.28. The van der Waals surface area contributed by atoms with Crippen molar-refractivity contribution in [3.63, 3.8) is 0 Å². The topological polar surface area (TPSA) is 152 Å². The van der Waals surface area contributed by atoms with Gasteiger partial charge in [-0.25, -0.2) is 10.6 Å². The fraction of sp³-hybridized carbons (Fsp3) is 0.500. The number of hydrogen-bond donors (Lipinski definition) is 5. The van der Waals surface area contributed by atoms with E-state index in [4.69, 9.17) is 10.6 Å². The number of alkyl carbamates (subject to hydrolysis) is 1. The van der Waals surface area contributed by atoms with Crippen LogP contribution in [-0.2, 0) is 25.5 Å². The molecule has 10 nitrogen and oxygen atoms in total. The van der Waals surface area contributed by atoms with E-state index in [1.165, 1.54) is 13.3 Å². The molecule has 0 spiro atoms. The maximum Gasteiger partial charge on any atom is 0.407 e. The number of benzene rings is 1. The highest BCUT2D eigenvalue weighted by Gasteiger charge is 2.23. The van der Waals surface area contributed by atoms with Crippen LogP contribution < -0.4 is 27.2 Å². The summed E-state index contributed by atoms with van der Waals surface area (Å²) in [7, 11) is 0. The first kappa shape index (κ1) is 26.9.